The van der Waals surface area contributed by atoms with E-state index in [1.165, 1.54) is 0 Å². The van der Waals surface area contributed by atoms with Crippen molar-refractivity contribution in [2.45, 2.75) is 60.2 Å². The summed E-state index contributed by atoms with van der Waals surface area (Å²) in [6.07, 6.45) is 0.308. The first-order valence-corrected chi connectivity index (χ1v) is 4.31. The van der Waals surface area contributed by atoms with Gasteiger partial charge in [0.2, 0.25) is 0 Å². The standard InChI is InChI=1S/C10H22O/c1-8(9(2,3)4)11-10(5,6)7/h8H,1-7H3. The summed E-state index contributed by atoms with van der Waals surface area (Å²) < 4.78 is 5.80. The monoisotopic (exact) mass is 158 g/mol. The molecule has 0 saturated carbocycles. The third-order valence-corrected chi connectivity index (χ3v) is 1.75. The van der Waals surface area contributed by atoms with E-state index in [1.54, 1.807) is 0 Å². The van der Waals surface area contributed by atoms with Crippen molar-refractivity contribution in [2.75, 3.05) is 0 Å². The van der Waals surface area contributed by atoms with Gasteiger partial charge in [0, 0.05) is 0 Å². The van der Waals surface area contributed by atoms with Crippen LogP contribution in [-0.4, -0.2) is 11.7 Å². The van der Waals surface area contributed by atoms with Crippen LogP contribution in [0.5, 0.6) is 0 Å². The van der Waals surface area contributed by atoms with Crippen LogP contribution in [-0.2, 0) is 4.74 Å². The Morgan fingerprint density at radius 1 is 0.909 bits per heavy atom. The Balaban J connectivity index is 3.99. The molecule has 0 amide bonds. The van der Waals surface area contributed by atoms with Gasteiger partial charge in [-0.3, -0.25) is 0 Å². The van der Waals surface area contributed by atoms with E-state index in [-0.39, 0.29) is 11.0 Å². The summed E-state index contributed by atoms with van der Waals surface area (Å²) in [5.74, 6) is 0. The zero-order valence-corrected chi connectivity index (χ0v) is 8.99. The second-order valence-corrected chi connectivity index (χ2v) is 5.24. The van der Waals surface area contributed by atoms with Gasteiger partial charge in [-0.05, 0) is 33.1 Å². The molecule has 0 heterocycles. The summed E-state index contributed by atoms with van der Waals surface area (Å²) in [5.41, 5.74) is 0.222. The van der Waals surface area contributed by atoms with Gasteiger partial charge >= 0.3 is 0 Å². The first-order chi connectivity index (χ1) is 4.63. The number of hydrogen-bond acceptors (Lipinski definition) is 1. The Morgan fingerprint density at radius 2 is 1.27 bits per heavy atom. The molecule has 1 unspecified atom stereocenters. The summed E-state index contributed by atoms with van der Waals surface area (Å²) in [6.45, 7) is 15.0. The third-order valence-electron chi connectivity index (χ3n) is 1.75. The highest BCUT2D eigenvalue weighted by molar-refractivity contribution is 4.73. The van der Waals surface area contributed by atoms with Gasteiger partial charge in [-0.2, -0.15) is 0 Å². The molecule has 0 aromatic carbocycles. The Labute approximate surface area is 71.1 Å². The minimum atomic E-state index is -0.0211. The van der Waals surface area contributed by atoms with Gasteiger partial charge in [0.1, 0.15) is 0 Å². The molecule has 0 spiro atoms. The SMILES string of the molecule is CC(OC(C)(C)C)C(C)(C)C. The number of hydrogen-bond donors (Lipinski definition) is 0. The molecule has 1 heteroatoms. The Kier molecular flexibility index (Phi) is 3.13. The van der Waals surface area contributed by atoms with Gasteiger partial charge < -0.3 is 4.74 Å². The minimum Gasteiger partial charge on any atom is -0.372 e. The average Bonchev–Trinajstić information content (AvgIpc) is 1.56. The highest BCUT2D eigenvalue weighted by atomic mass is 16.5. The molecule has 0 aliphatic rings. The lowest BCUT2D eigenvalue weighted by Gasteiger charge is -2.33. The molecule has 0 saturated heterocycles. The van der Waals surface area contributed by atoms with Crippen molar-refractivity contribution in [1.82, 2.24) is 0 Å². The zero-order valence-electron chi connectivity index (χ0n) is 8.99. The number of ether oxygens (including phenoxy) is 1. The largest absolute Gasteiger partial charge is 0.372 e. The third kappa shape index (κ3) is 5.25. The van der Waals surface area contributed by atoms with Gasteiger partial charge in [-0.1, -0.05) is 20.8 Å². The normalized spacial score (nSPS) is 16.6. The Hall–Kier alpha value is -0.0400. The lowest BCUT2D eigenvalue weighted by Crippen LogP contribution is -2.34. The molecular formula is C10H22O. The summed E-state index contributed by atoms with van der Waals surface area (Å²) >= 11 is 0. The first-order valence-electron chi connectivity index (χ1n) is 4.31. The van der Waals surface area contributed by atoms with Crippen LogP contribution in [0.1, 0.15) is 48.5 Å². The average molecular weight is 158 g/mol. The lowest BCUT2D eigenvalue weighted by molar-refractivity contribution is -0.0948. The molecular weight excluding hydrogens is 136 g/mol. The molecule has 0 N–H and O–H groups in total. The smallest absolute Gasteiger partial charge is 0.0602 e. The van der Waals surface area contributed by atoms with E-state index in [4.69, 9.17) is 4.74 Å². The van der Waals surface area contributed by atoms with Crippen LogP contribution in [0.25, 0.3) is 0 Å². The van der Waals surface area contributed by atoms with Crippen LogP contribution >= 0.6 is 0 Å². The van der Waals surface area contributed by atoms with Crippen molar-refractivity contribution < 1.29 is 4.74 Å². The van der Waals surface area contributed by atoms with Crippen LogP contribution in [0.15, 0.2) is 0 Å². The quantitative estimate of drug-likeness (QED) is 0.569. The molecule has 11 heavy (non-hydrogen) atoms. The minimum absolute atomic E-state index is 0.0211. The van der Waals surface area contributed by atoms with Gasteiger partial charge in [0.05, 0.1) is 11.7 Å². The van der Waals surface area contributed by atoms with Crippen LogP contribution in [0.2, 0.25) is 0 Å². The predicted octanol–water partition coefficient (Wildman–Crippen LogP) is 3.24. The second kappa shape index (κ2) is 3.14. The molecule has 1 atom stereocenters. The van der Waals surface area contributed by atoms with E-state index >= 15 is 0 Å². The molecule has 0 aliphatic heterocycles. The topological polar surface area (TPSA) is 9.23 Å². The van der Waals surface area contributed by atoms with Crippen LogP contribution < -0.4 is 0 Å². The maximum absolute atomic E-state index is 5.80. The molecule has 0 aromatic heterocycles. The first kappa shape index (κ1) is 11.0. The van der Waals surface area contributed by atoms with Gasteiger partial charge in [-0.15, -0.1) is 0 Å². The fourth-order valence-corrected chi connectivity index (χ4v) is 0.707. The summed E-state index contributed by atoms with van der Waals surface area (Å²) in [7, 11) is 0. The highest BCUT2D eigenvalue weighted by Gasteiger charge is 2.25. The van der Waals surface area contributed by atoms with E-state index in [9.17, 15) is 0 Å². The summed E-state index contributed by atoms with van der Waals surface area (Å²) in [5, 5.41) is 0. The fourth-order valence-electron chi connectivity index (χ4n) is 0.707. The van der Waals surface area contributed by atoms with Gasteiger partial charge in [0.25, 0.3) is 0 Å². The van der Waals surface area contributed by atoms with Crippen LogP contribution in [0.4, 0.5) is 0 Å². The molecule has 0 fully saturated rings. The van der Waals surface area contributed by atoms with E-state index in [0.717, 1.165) is 0 Å². The molecule has 0 rings (SSSR count). The van der Waals surface area contributed by atoms with E-state index in [1.807, 2.05) is 0 Å². The van der Waals surface area contributed by atoms with E-state index < -0.39 is 0 Å². The highest BCUT2D eigenvalue weighted by Crippen LogP contribution is 2.25. The fraction of sp³-hybridized carbons (Fsp3) is 1.00. The molecule has 0 aliphatic carbocycles. The van der Waals surface area contributed by atoms with Crippen molar-refractivity contribution in [3.63, 3.8) is 0 Å². The van der Waals surface area contributed by atoms with Gasteiger partial charge in [0.15, 0.2) is 0 Å². The number of rotatable bonds is 1. The van der Waals surface area contributed by atoms with Gasteiger partial charge in [-0.25, -0.2) is 0 Å². The van der Waals surface area contributed by atoms with Crippen molar-refractivity contribution in [3.05, 3.63) is 0 Å². The van der Waals surface area contributed by atoms with Crippen LogP contribution in [0, 0.1) is 5.41 Å². The van der Waals surface area contributed by atoms with Crippen molar-refractivity contribution in [1.29, 1.82) is 0 Å². The molecule has 1 nitrogen and oxygen atoms in total. The maximum atomic E-state index is 5.80. The Morgan fingerprint density at radius 3 is 1.36 bits per heavy atom. The lowest BCUT2D eigenvalue weighted by atomic mass is 9.90. The van der Waals surface area contributed by atoms with Crippen molar-refractivity contribution >= 4 is 0 Å². The van der Waals surface area contributed by atoms with Crippen LogP contribution in [0.3, 0.4) is 0 Å². The predicted molar refractivity (Wildman–Crippen MR) is 49.8 cm³/mol. The van der Waals surface area contributed by atoms with E-state index in [0.29, 0.717) is 6.10 Å². The second-order valence-electron chi connectivity index (χ2n) is 5.24. The maximum Gasteiger partial charge on any atom is 0.0602 e. The van der Waals surface area contributed by atoms with Crippen molar-refractivity contribution in [2.24, 2.45) is 5.41 Å². The zero-order chi connectivity index (χ0) is 9.28. The summed E-state index contributed by atoms with van der Waals surface area (Å²) in [6, 6.07) is 0. The molecule has 68 valence electrons. The van der Waals surface area contributed by atoms with Crippen molar-refractivity contribution in [3.8, 4) is 0 Å². The molecule has 0 bridgehead atoms. The molecule has 0 aromatic rings. The Bertz CT molecular complexity index is 114. The van der Waals surface area contributed by atoms with E-state index in [2.05, 4.69) is 48.5 Å². The summed E-state index contributed by atoms with van der Waals surface area (Å²) in [4.78, 5) is 0. The molecule has 0 radical (unpaired) electrons.